The highest BCUT2D eigenvalue weighted by atomic mass is 16.5. The van der Waals surface area contributed by atoms with Gasteiger partial charge in [0.1, 0.15) is 0 Å². The Morgan fingerprint density at radius 3 is 2.46 bits per heavy atom. The lowest BCUT2D eigenvalue weighted by Gasteiger charge is -2.42. The molecule has 0 aliphatic carbocycles. The van der Waals surface area contributed by atoms with E-state index in [0.29, 0.717) is 0 Å². The number of likely N-dealkylation sites (tertiary alicyclic amines) is 1. The minimum Gasteiger partial charge on any atom is -0.469 e. The number of hydrogen-bond donors (Lipinski definition) is 1. The van der Waals surface area contributed by atoms with Gasteiger partial charge in [0.05, 0.1) is 13.0 Å². The topological polar surface area (TPSA) is 55.6 Å². The van der Waals surface area contributed by atoms with E-state index in [-0.39, 0.29) is 24.0 Å². The number of rotatable bonds is 3. The molecule has 76 valence electrons. The summed E-state index contributed by atoms with van der Waals surface area (Å²) in [5.41, 5.74) is 5.66. The van der Waals surface area contributed by atoms with Crippen molar-refractivity contribution in [2.75, 3.05) is 20.2 Å². The second-order valence-corrected chi connectivity index (χ2v) is 3.77. The van der Waals surface area contributed by atoms with Crippen molar-refractivity contribution < 1.29 is 9.53 Å². The summed E-state index contributed by atoms with van der Waals surface area (Å²) in [7, 11) is 1.42. The molecular weight excluding hydrogens is 168 g/mol. The number of carbonyl (C=O) groups excluding carboxylic acids is 1. The van der Waals surface area contributed by atoms with E-state index in [0.717, 1.165) is 13.1 Å². The second-order valence-electron chi connectivity index (χ2n) is 3.77. The maximum Gasteiger partial charge on any atom is 0.309 e. The van der Waals surface area contributed by atoms with Crippen LogP contribution >= 0.6 is 0 Å². The summed E-state index contributed by atoms with van der Waals surface area (Å²) in [5.74, 6) is -0.217. The van der Waals surface area contributed by atoms with Gasteiger partial charge in [-0.15, -0.1) is 0 Å². The Kier molecular flexibility index (Phi) is 3.27. The summed E-state index contributed by atoms with van der Waals surface area (Å²) in [6, 6.07) is 0.513. The quantitative estimate of drug-likeness (QED) is 0.622. The molecule has 1 saturated heterocycles. The van der Waals surface area contributed by atoms with E-state index in [1.807, 2.05) is 13.8 Å². The van der Waals surface area contributed by atoms with Crippen molar-refractivity contribution in [3.05, 3.63) is 0 Å². The van der Waals surface area contributed by atoms with Gasteiger partial charge in [0.2, 0.25) is 0 Å². The molecule has 2 N–H and O–H groups in total. The first-order valence-electron chi connectivity index (χ1n) is 4.63. The fraction of sp³-hybridized carbons (Fsp3) is 0.889. The molecule has 0 spiro atoms. The first-order valence-corrected chi connectivity index (χ1v) is 4.63. The van der Waals surface area contributed by atoms with E-state index in [1.165, 1.54) is 7.11 Å². The zero-order valence-electron chi connectivity index (χ0n) is 8.49. The summed E-state index contributed by atoms with van der Waals surface area (Å²) in [6.45, 7) is 5.71. The van der Waals surface area contributed by atoms with Gasteiger partial charge in [-0.2, -0.15) is 0 Å². The van der Waals surface area contributed by atoms with Gasteiger partial charge < -0.3 is 10.5 Å². The van der Waals surface area contributed by atoms with Crippen LogP contribution in [0.3, 0.4) is 0 Å². The molecule has 0 aromatic carbocycles. The average molecular weight is 186 g/mol. The highest BCUT2D eigenvalue weighted by Gasteiger charge is 2.33. The van der Waals surface area contributed by atoms with Crippen molar-refractivity contribution in [1.29, 1.82) is 0 Å². The smallest absolute Gasteiger partial charge is 0.309 e. The van der Waals surface area contributed by atoms with Crippen molar-refractivity contribution in [1.82, 2.24) is 4.90 Å². The van der Waals surface area contributed by atoms with E-state index >= 15 is 0 Å². The molecular formula is C9H18N2O2. The van der Waals surface area contributed by atoms with E-state index in [1.54, 1.807) is 0 Å². The van der Waals surface area contributed by atoms with Gasteiger partial charge in [-0.05, 0) is 6.92 Å². The zero-order chi connectivity index (χ0) is 10.0. The van der Waals surface area contributed by atoms with E-state index in [2.05, 4.69) is 9.64 Å². The van der Waals surface area contributed by atoms with Crippen LogP contribution in [0.25, 0.3) is 0 Å². The SMILES string of the molecule is COC(=O)C(C)C(C)N1CC(N)C1. The van der Waals surface area contributed by atoms with Crippen LogP contribution in [0.4, 0.5) is 0 Å². The molecule has 1 aliphatic heterocycles. The summed E-state index contributed by atoms with van der Waals surface area (Å²) >= 11 is 0. The third kappa shape index (κ3) is 2.19. The minimum atomic E-state index is -0.145. The standard InChI is InChI=1S/C9H18N2O2/c1-6(9(12)13-3)7(2)11-4-8(10)5-11/h6-8H,4-5,10H2,1-3H3. The lowest BCUT2D eigenvalue weighted by Crippen LogP contribution is -2.60. The average Bonchev–Trinajstić information content (AvgIpc) is 2.09. The Morgan fingerprint density at radius 1 is 1.54 bits per heavy atom. The van der Waals surface area contributed by atoms with Crippen LogP contribution in [-0.2, 0) is 9.53 Å². The van der Waals surface area contributed by atoms with Gasteiger partial charge in [-0.1, -0.05) is 6.92 Å². The van der Waals surface area contributed by atoms with Crippen molar-refractivity contribution in [3.8, 4) is 0 Å². The third-order valence-electron chi connectivity index (χ3n) is 2.81. The number of carbonyl (C=O) groups is 1. The maximum absolute atomic E-state index is 11.2. The molecule has 0 aromatic heterocycles. The first-order chi connectivity index (χ1) is 6.06. The highest BCUT2D eigenvalue weighted by Crippen LogP contribution is 2.17. The van der Waals surface area contributed by atoms with Crippen molar-refractivity contribution in [3.63, 3.8) is 0 Å². The Morgan fingerprint density at radius 2 is 2.08 bits per heavy atom. The van der Waals surface area contributed by atoms with Crippen molar-refractivity contribution in [2.45, 2.75) is 25.9 Å². The van der Waals surface area contributed by atoms with Crippen LogP contribution in [0.1, 0.15) is 13.8 Å². The van der Waals surface area contributed by atoms with E-state index in [4.69, 9.17) is 5.73 Å². The van der Waals surface area contributed by atoms with Gasteiger partial charge in [0.25, 0.3) is 0 Å². The fourth-order valence-corrected chi connectivity index (χ4v) is 1.58. The summed E-state index contributed by atoms with van der Waals surface area (Å²) < 4.78 is 4.68. The molecule has 1 aliphatic rings. The predicted octanol–water partition coefficient (Wildman–Crippen LogP) is -0.173. The minimum absolute atomic E-state index is 0.0718. The number of ether oxygens (including phenoxy) is 1. The van der Waals surface area contributed by atoms with Crippen molar-refractivity contribution in [2.24, 2.45) is 11.7 Å². The van der Waals surface area contributed by atoms with Crippen LogP contribution in [0.5, 0.6) is 0 Å². The number of esters is 1. The molecule has 1 fully saturated rings. The molecule has 0 aromatic rings. The number of nitrogens with two attached hydrogens (primary N) is 1. The maximum atomic E-state index is 11.2. The van der Waals surface area contributed by atoms with Gasteiger partial charge in [0, 0.05) is 25.2 Å². The molecule has 1 rings (SSSR count). The number of hydrogen-bond acceptors (Lipinski definition) is 4. The molecule has 0 bridgehead atoms. The Balaban J connectivity index is 2.38. The molecule has 0 amide bonds. The van der Waals surface area contributed by atoms with Crippen LogP contribution in [-0.4, -0.2) is 43.2 Å². The molecule has 0 saturated carbocycles. The van der Waals surface area contributed by atoms with Gasteiger partial charge >= 0.3 is 5.97 Å². The molecule has 4 heteroatoms. The second kappa shape index (κ2) is 4.07. The Hall–Kier alpha value is -0.610. The van der Waals surface area contributed by atoms with Gasteiger partial charge in [-0.3, -0.25) is 9.69 Å². The molecule has 13 heavy (non-hydrogen) atoms. The predicted molar refractivity (Wildman–Crippen MR) is 50.2 cm³/mol. The normalized spacial score (nSPS) is 23.4. The lowest BCUT2D eigenvalue weighted by atomic mass is 9.97. The molecule has 4 nitrogen and oxygen atoms in total. The Labute approximate surface area is 79.0 Å². The van der Waals surface area contributed by atoms with Crippen LogP contribution < -0.4 is 5.73 Å². The van der Waals surface area contributed by atoms with Crippen LogP contribution in [0, 0.1) is 5.92 Å². The number of nitrogens with zero attached hydrogens (tertiary/aromatic N) is 1. The zero-order valence-corrected chi connectivity index (χ0v) is 8.49. The van der Waals surface area contributed by atoms with Gasteiger partial charge in [-0.25, -0.2) is 0 Å². The van der Waals surface area contributed by atoms with Crippen LogP contribution in [0.15, 0.2) is 0 Å². The third-order valence-corrected chi connectivity index (χ3v) is 2.81. The van der Waals surface area contributed by atoms with Gasteiger partial charge in [0.15, 0.2) is 0 Å². The van der Waals surface area contributed by atoms with E-state index < -0.39 is 0 Å². The van der Waals surface area contributed by atoms with Crippen molar-refractivity contribution >= 4 is 5.97 Å². The Bertz CT molecular complexity index is 190. The largest absolute Gasteiger partial charge is 0.469 e. The lowest BCUT2D eigenvalue weighted by molar-refractivity contribution is -0.147. The summed E-state index contributed by atoms with van der Waals surface area (Å²) in [5, 5.41) is 0. The number of methoxy groups -OCH3 is 1. The fourth-order valence-electron chi connectivity index (χ4n) is 1.58. The molecule has 2 atom stereocenters. The summed E-state index contributed by atoms with van der Waals surface area (Å²) in [6.07, 6.45) is 0. The molecule has 1 heterocycles. The first kappa shape index (κ1) is 10.5. The summed E-state index contributed by atoms with van der Waals surface area (Å²) in [4.78, 5) is 13.4. The molecule has 0 radical (unpaired) electrons. The highest BCUT2D eigenvalue weighted by molar-refractivity contribution is 5.72. The van der Waals surface area contributed by atoms with Crippen LogP contribution in [0.2, 0.25) is 0 Å². The molecule has 2 unspecified atom stereocenters. The van der Waals surface area contributed by atoms with E-state index in [9.17, 15) is 4.79 Å². The monoisotopic (exact) mass is 186 g/mol.